The lowest BCUT2D eigenvalue weighted by molar-refractivity contribution is 0.0876. The summed E-state index contributed by atoms with van der Waals surface area (Å²) in [6, 6.07) is 1.05. The monoisotopic (exact) mass is 304 g/mol. The minimum Gasteiger partial charge on any atom is -0.368 e. The van der Waals surface area contributed by atoms with E-state index in [1.54, 1.807) is 0 Å². The predicted octanol–water partition coefficient (Wildman–Crippen LogP) is 0.0296. The van der Waals surface area contributed by atoms with E-state index >= 15 is 0 Å². The van der Waals surface area contributed by atoms with Crippen LogP contribution in [0.25, 0.3) is 0 Å². The number of H-pyrrole nitrogens is 1. The molecule has 1 atom stereocenters. The lowest BCUT2D eigenvalue weighted by atomic mass is 9.99. The van der Waals surface area contributed by atoms with E-state index in [-0.39, 0.29) is 18.1 Å². The molecule has 0 spiro atoms. The van der Waals surface area contributed by atoms with E-state index in [4.69, 9.17) is 14.5 Å². The molecule has 1 aromatic rings. The topological polar surface area (TPSA) is 122 Å². The van der Waals surface area contributed by atoms with Crippen LogP contribution in [0.3, 0.4) is 0 Å². The van der Waals surface area contributed by atoms with Crippen LogP contribution in [-0.4, -0.2) is 32.3 Å². The first-order valence-electron chi connectivity index (χ1n) is 6.17. The quantitative estimate of drug-likeness (QED) is 0.637. The summed E-state index contributed by atoms with van der Waals surface area (Å²) in [7, 11) is -4.18. The molecule has 0 saturated heterocycles. The Labute approximate surface area is 114 Å². The maximum atomic E-state index is 11.7. The Morgan fingerprint density at radius 3 is 2.65 bits per heavy atom. The molecule has 1 aliphatic rings. The van der Waals surface area contributed by atoms with Gasteiger partial charge in [-0.2, -0.15) is 0 Å². The fourth-order valence-corrected chi connectivity index (χ4v) is 2.57. The Morgan fingerprint density at radius 1 is 1.50 bits per heavy atom. The first-order valence-corrected chi connectivity index (χ1v) is 7.97. The summed E-state index contributed by atoms with van der Waals surface area (Å²) in [5.41, 5.74) is -1.26. The van der Waals surface area contributed by atoms with Crippen LogP contribution in [0.1, 0.15) is 25.8 Å². The van der Waals surface area contributed by atoms with Gasteiger partial charge in [-0.3, -0.25) is 18.9 Å². The summed E-state index contributed by atoms with van der Waals surface area (Å²) in [6.07, 6.45) is 2.42. The number of rotatable bonds is 6. The summed E-state index contributed by atoms with van der Waals surface area (Å²) in [5.74, 6) is 0. The van der Waals surface area contributed by atoms with Gasteiger partial charge in [0.05, 0.1) is 6.61 Å². The van der Waals surface area contributed by atoms with E-state index in [9.17, 15) is 14.2 Å². The Bertz CT molecular complexity index is 641. The average Bonchev–Trinajstić information content (AvgIpc) is 3.07. The number of nitrogens with one attached hydrogen (secondary N) is 1. The van der Waals surface area contributed by atoms with E-state index in [0.29, 0.717) is 0 Å². The number of aromatic amines is 1. The number of nitrogens with zero attached hydrogens (tertiary/aromatic N) is 1. The zero-order valence-corrected chi connectivity index (χ0v) is 11.9. The molecule has 1 unspecified atom stereocenters. The molecule has 1 fully saturated rings. The standard InChI is InChI=1S/C11H17N2O6P/c1-8(13-5-2-9(14)12-10(13)15)11(3-4-11)6-19-7-20(16,17)18/h2,5,8H,3-4,6-7H2,1H3,(H,12,14,15)(H2,16,17,18). The second-order valence-corrected chi connectivity index (χ2v) is 6.79. The zero-order chi connectivity index (χ0) is 15.0. The Kier molecular flexibility index (Phi) is 4.02. The molecule has 2 rings (SSSR count). The van der Waals surface area contributed by atoms with Gasteiger partial charge in [0.1, 0.15) is 6.35 Å². The van der Waals surface area contributed by atoms with Crippen molar-refractivity contribution in [2.24, 2.45) is 5.41 Å². The molecule has 1 aromatic heterocycles. The van der Waals surface area contributed by atoms with Crippen molar-refractivity contribution in [3.05, 3.63) is 33.1 Å². The molecule has 3 N–H and O–H groups in total. The van der Waals surface area contributed by atoms with Crippen molar-refractivity contribution in [1.82, 2.24) is 9.55 Å². The molecule has 0 amide bonds. The van der Waals surface area contributed by atoms with Crippen LogP contribution in [-0.2, 0) is 9.30 Å². The molecule has 1 saturated carbocycles. The SMILES string of the molecule is CC(n1ccc(=O)[nH]c1=O)C1(COCP(=O)(O)O)CC1. The summed E-state index contributed by atoms with van der Waals surface area (Å²) < 4.78 is 17.2. The fourth-order valence-electron chi connectivity index (χ4n) is 2.24. The van der Waals surface area contributed by atoms with Crippen molar-refractivity contribution in [2.45, 2.75) is 25.8 Å². The molecule has 9 heteroatoms. The van der Waals surface area contributed by atoms with E-state index in [1.165, 1.54) is 16.8 Å². The second kappa shape index (κ2) is 5.29. The van der Waals surface area contributed by atoms with Gasteiger partial charge in [0.15, 0.2) is 0 Å². The van der Waals surface area contributed by atoms with Gasteiger partial charge in [-0.05, 0) is 19.8 Å². The van der Waals surface area contributed by atoms with Crippen LogP contribution >= 0.6 is 7.60 Å². The van der Waals surface area contributed by atoms with Crippen LogP contribution in [0.5, 0.6) is 0 Å². The van der Waals surface area contributed by atoms with Gasteiger partial charge in [0.2, 0.25) is 0 Å². The Morgan fingerprint density at radius 2 is 2.15 bits per heavy atom. The van der Waals surface area contributed by atoms with Crippen molar-refractivity contribution in [3.8, 4) is 0 Å². The molecule has 8 nitrogen and oxygen atoms in total. The smallest absolute Gasteiger partial charge is 0.350 e. The molecule has 0 aromatic carbocycles. The third-order valence-corrected chi connectivity index (χ3v) is 4.21. The van der Waals surface area contributed by atoms with E-state index in [0.717, 1.165) is 12.8 Å². The van der Waals surface area contributed by atoms with Crippen molar-refractivity contribution >= 4 is 7.60 Å². The summed E-state index contributed by atoms with van der Waals surface area (Å²) >= 11 is 0. The second-order valence-electron chi connectivity index (χ2n) is 5.20. The summed E-state index contributed by atoms with van der Waals surface area (Å²) in [5, 5.41) is 0. The van der Waals surface area contributed by atoms with Crippen LogP contribution in [0, 0.1) is 5.41 Å². The first kappa shape index (κ1) is 15.2. The molecular formula is C11H17N2O6P. The molecule has 0 radical (unpaired) electrons. The molecule has 20 heavy (non-hydrogen) atoms. The zero-order valence-electron chi connectivity index (χ0n) is 11.0. The minimum atomic E-state index is -4.18. The highest BCUT2D eigenvalue weighted by Gasteiger charge is 2.49. The molecule has 0 bridgehead atoms. The maximum absolute atomic E-state index is 11.7. The van der Waals surface area contributed by atoms with Gasteiger partial charge in [-0.15, -0.1) is 0 Å². The van der Waals surface area contributed by atoms with E-state index in [2.05, 4.69) is 4.98 Å². The third kappa shape index (κ3) is 3.46. The predicted molar refractivity (Wildman–Crippen MR) is 70.6 cm³/mol. The van der Waals surface area contributed by atoms with E-state index in [1.807, 2.05) is 6.92 Å². The van der Waals surface area contributed by atoms with Crippen molar-refractivity contribution in [1.29, 1.82) is 0 Å². The van der Waals surface area contributed by atoms with Gasteiger partial charge in [-0.1, -0.05) is 0 Å². The number of hydrogen-bond acceptors (Lipinski definition) is 4. The largest absolute Gasteiger partial charge is 0.368 e. The first-order chi connectivity index (χ1) is 9.23. The lowest BCUT2D eigenvalue weighted by Gasteiger charge is -2.25. The minimum absolute atomic E-state index is 0.171. The lowest BCUT2D eigenvalue weighted by Crippen LogP contribution is -2.35. The van der Waals surface area contributed by atoms with Crippen molar-refractivity contribution < 1.29 is 19.1 Å². The Hall–Kier alpha value is -1.21. The highest BCUT2D eigenvalue weighted by atomic mass is 31.2. The van der Waals surface area contributed by atoms with Crippen LogP contribution in [0.15, 0.2) is 21.9 Å². The van der Waals surface area contributed by atoms with Crippen molar-refractivity contribution in [3.63, 3.8) is 0 Å². The van der Waals surface area contributed by atoms with Crippen LogP contribution in [0.4, 0.5) is 0 Å². The van der Waals surface area contributed by atoms with Crippen molar-refractivity contribution in [2.75, 3.05) is 13.0 Å². The highest BCUT2D eigenvalue weighted by molar-refractivity contribution is 7.51. The number of aromatic nitrogens is 2. The maximum Gasteiger partial charge on any atom is 0.350 e. The van der Waals surface area contributed by atoms with Crippen LogP contribution < -0.4 is 11.2 Å². The van der Waals surface area contributed by atoms with Gasteiger partial charge < -0.3 is 14.5 Å². The molecular weight excluding hydrogens is 287 g/mol. The Balaban J connectivity index is 2.08. The van der Waals surface area contributed by atoms with Gasteiger partial charge in [0.25, 0.3) is 5.56 Å². The van der Waals surface area contributed by atoms with Crippen LogP contribution in [0.2, 0.25) is 0 Å². The highest BCUT2D eigenvalue weighted by Crippen LogP contribution is 2.54. The van der Waals surface area contributed by atoms with Gasteiger partial charge >= 0.3 is 13.3 Å². The number of hydrogen-bond donors (Lipinski definition) is 3. The van der Waals surface area contributed by atoms with Gasteiger partial charge in [-0.25, -0.2) is 4.79 Å². The molecule has 1 heterocycles. The normalized spacial score (nSPS) is 18.8. The average molecular weight is 304 g/mol. The third-order valence-electron chi connectivity index (χ3n) is 3.70. The number of ether oxygens (including phenoxy) is 1. The van der Waals surface area contributed by atoms with E-state index < -0.39 is 25.2 Å². The molecule has 1 aliphatic carbocycles. The fraction of sp³-hybridized carbons (Fsp3) is 0.636. The molecule has 0 aliphatic heterocycles. The summed E-state index contributed by atoms with van der Waals surface area (Å²) in [4.78, 5) is 42.5. The molecule has 112 valence electrons. The van der Waals surface area contributed by atoms with Gasteiger partial charge in [0, 0.05) is 23.7 Å². The summed E-state index contributed by atoms with van der Waals surface area (Å²) in [6.45, 7) is 2.00.